The summed E-state index contributed by atoms with van der Waals surface area (Å²) in [6, 6.07) is 4.69. The van der Waals surface area contributed by atoms with Crippen molar-refractivity contribution in [1.82, 2.24) is 0 Å². The summed E-state index contributed by atoms with van der Waals surface area (Å²) < 4.78 is 22.9. The van der Waals surface area contributed by atoms with E-state index in [1.807, 2.05) is 6.07 Å². The fourth-order valence-corrected chi connectivity index (χ4v) is 4.03. The van der Waals surface area contributed by atoms with E-state index in [-0.39, 0.29) is 22.4 Å². The number of benzene rings is 1. The molecule has 1 saturated carbocycles. The Morgan fingerprint density at radius 3 is 2.55 bits per heavy atom. The van der Waals surface area contributed by atoms with E-state index in [9.17, 15) is 18.5 Å². The van der Waals surface area contributed by atoms with E-state index in [1.165, 1.54) is 12.3 Å². The first kappa shape index (κ1) is 16.2. The lowest BCUT2D eigenvalue weighted by Gasteiger charge is -2.17. The second-order valence-corrected chi connectivity index (χ2v) is 8.10. The van der Waals surface area contributed by atoms with E-state index < -0.39 is 14.8 Å². The van der Waals surface area contributed by atoms with Crippen LogP contribution in [-0.4, -0.2) is 31.9 Å². The summed E-state index contributed by atoms with van der Waals surface area (Å²) in [5, 5.41) is 23.1. The SMILES string of the molecule is Cc1c(NCC2(CS(C)(=O)=O)CC2)cc(C#N)cc1[N+](=O)[O-]. The Morgan fingerprint density at radius 2 is 2.09 bits per heavy atom. The highest BCUT2D eigenvalue weighted by Crippen LogP contribution is 2.47. The van der Waals surface area contributed by atoms with Gasteiger partial charge in [-0.05, 0) is 25.8 Å². The van der Waals surface area contributed by atoms with E-state index >= 15 is 0 Å². The Bertz CT molecular complexity index is 761. The van der Waals surface area contributed by atoms with Gasteiger partial charge < -0.3 is 5.32 Å². The first-order chi connectivity index (χ1) is 10.2. The molecule has 0 atom stereocenters. The molecule has 1 N–H and O–H groups in total. The van der Waals surface area contributed by atoms with Crippen LogP contribution in [0, 0.1) is 33.8 Å². The summed E-state index contributed by atoms with van der Waals surface area (Å²) in [6.07, 6.45) is 2.83. The van der Waals surface area contributed by atoms with E-state index in [4.69, 9.17) is 5.26 Å². The molecular formula is C14H17N3O4S. The van der Waals surface area contributed by atoms with E-state index in [0.29, 0.717) is 17.8 Å². The molecule has 1 aliphatic rings. The molecule has 22 heavy (non-hydrogen) atoms. The van der Waals surface area contributed by atoms with Crippen LogP contribution in [0.4, 0.5) is 11.4 Å². The lowest BCUT2D eigenvalue weighted by atomic mass is 10.1. The van der Waals surface area contributed by atoms with Gasteiger partial charge in [0.15, 0.2) is 0 Å². The van der Waals surface area contributed by atoms with E-state index in [0.717, 1.165) is 12.8 Å². The van der Waals surface area contributed by atoms with Crippen molar-refractivity contribution >= 4 is 21.2 Å². The molecule has 0 saturated heterocycles. The first-order valence-electron chi connectivity index (χ1n) is 6.77. The van der Waals surface area contributed by atoms with Crippen LogP contribution in [0.2, 0.25) is 0 Å². The predicted octanol–water partition coefficient (Wildman–Crippen LogP) is 2.01. The van der Waals surface area contributed by atoms with Crippen LogP contribution in [-0.2, 0) is 9.84 Å². The lowest BCUT2D eigenvalue weighted by Crippen LogP contribution is -2.24. The molecule has 1 fully saturated rings. The lowest BCUT2D eigenvalue weighted by molar-refractivity contribution is -0.385. The smallest absolute Gasteiger partial charge is 0.275 e. The summed E-state index contributed by atoms with van der Waals surface area (Å²) >= 11 is 0. The summed E-state index contributed by atoms with van der Waals surface area (Å²) in [5.41, 5.74) is 0.740. The zero-order valence-corrected chi connectivity index (χ0v) is 13.2. The fraction of sp³-hybridized carbons (Fsp3) is 0.500. The third-order valence-electron chi connectivity index (χ3n) is 3.89. The minimum absolute atomic E-state index is 0.103. The molecule has 0 aliphatic heterocycles. The number of sulfone groups is 1. The fourth-order valence-electron chi connectivity index (χ4n) is 2.52. The van der Waals surface area contributed by atoms with Crippen LogP contribution in [0.1, 0.15) is 24.0 Å². The zero-order valence-electron chi connectivity index (χ0n) is 12.4. The second-order valence-electron chi connectivity index (χ2n) is 5.96. The number of nitrogens with zero attached hydrogens (tertiary/aromatic N) is 2. The second kappa shape index (κ2) is 5.57. The Hall–Kier alpha value is -2.14. The van der Waals surface area contributed by atoms with E-state index in [1.54, 1.807) is 13.0 Å². The number of hydrogen-bond donors (Lipinski definition) is 1. The molecule has 118 valence electrons. The van der Waals surface area contributed by atoms with Crippen molar-refractivity contribution in [2.75, 3.05) is 23.9 Å². The highest BCUT2D eigenvalue weighted by Gasteiger charge is 2.45. The van der Waals surface area contributed by atoms with Gasteiger partial charge in [0.2, 0.25) is 0 Å². The average Bonchev–Trinajstić information content (AvgIpc) is 3.15. The molecule has 1 aliphatic carbocycles. The van der Waals surface area contributed by atoms with Crippen LogP contribution in [0.3, 0.4) is 0 Å². The van der Waals surface area contributed by atoms with Gasteiger partial charge in [-0.25, -0.2) is 8.42 Å². The number of nitro groups is 1. The number of anilines is 1. The predicted molar refractivity (Wildman–Crippen MR) is 82.4 cm³/mol. The Morgan fingerprint density at radius 1 is 1.45 bits per heavy atom. The van der Waals surface area contributed by atoms with Gasteiger partial charge in [0.25, 0.3) is 5.69 Å². The van der Waals surface area contributed by atoms with Gasteiger partial charge in [-0.3, -0.25) is 10.1 Å². The molecule has 0 heterocycles. The summed E-state index contributed by atoms with van der Waals surface area (Å²) in [6.45, 7) is 2.03. The molecule has 2 rings (SSSR count). The molecular weight excluding hydrogens is 306 g/mol. The van der Waals surface area contributed by atoms with Crippen molar-refractivity contribution in [2.24, 2.45) is 5.41 Å². The largest absolute Gasteiger partial charge is 0.384 e. The molecule has 0 amide bonds. The van der Waals surface area contributed by atoms with Crippen LogP contribution in [0.5, 0.6) is 0 Å². The monoisotopic (exact) mass is 323 g/mol. The van der Waals surface area contributed by atoms with Crippen LogP contribution in [0.25, 0.3) is 0 Å². The normalized spacial score (nSPS) is 15.9. The quantitative estimate of drug-likeness (QED) is 0.633. The topological polar surface area (TPSA) is 113 Å². The summed E-state index contributed by atoms with van der Waals surface area (Å²) in [7, 11) is -3.07. The zero-order chi connectivity index (χ0) is 16.5. The van der Waals surface area contributed by atoms with Gasteiger partial charge in [-0.2, -0.15) is 5.26 Å². The van der Waals surface area contributed by atoms with Crippen molar-refractivity contribution in [3.05, 3.63) is 33.4 Å². The van der Waals surface area contributed by atoms with Crippen LogP contribution >= 0.6 is 0 Å². The maximum atomic E-state index is 11.4. The third kappa shape index (κ3) is 3.74. The van der Waals surface area contributed by atoms with Crippen molar-refractivity contribution in [3.8, 4) is 6.07 Å². The maximum absolute atomic E-state index is 11.4. The van der Waals surface area contributed by atoms with Crippen LogP contribution < -0.4 is 5.32 Å². The average molecular weight is 323 g/mol. The van der Waals surface area contributed by atoms with Crippen molar-refractivity contribution in [3.63, 3.8) is 0 Å². The van der Waals surface area contributed by atoms with Gasteiger partial charge >= 0.3 is 0 Å². The molecule has 0 unspecified atom stereocenters. The van der Waals surface area contributed by atoms with Gasteiger partial charge in [-0.1, -0.05) is 0 Å². The number of rotatable bonds is 6. The molecule has 0 bridgehead atoms. The van der Waals surface area contributed by atoms with Gasteiger partial charge in [0.05, 0.1) is 22.3 Å². The highest BCUT2D eigenvalue weighted by molar-refractivity contribution is 7.90. The van der Waals surface area contributed by atoms with Crippen LogP contribution in [0.15, 0.2) is 12.1 Å². The van der Waals surface area contributed by atoms with Crippen molar-refractivity contribution in [2.45, 2.75) is 19.8 Å². The Labute approximate surface area is 129 Å². The molecule has 0 spiro atoms. The van der Waals surface area contributed by atoms with E-state index in [2.05, 4.69) is 5.32 Å². The van der Waals surface area contributed by atoms with Gasteiger partial charge in [-0.15, -0.1) is 0 Å². The third-order valence-corrected chi connectivity index (χ3v) is 5.02. The number of nitro benzene ring substituents is 1. The van der Waals surface area contributed by atoms with Crippen molar-refractivity contribution in [1.29, 1.82) is 5.26 Å². The molecule has 8 heteroatoms. The standard InChI is InChI=1S/C14H17N3O4S/c1-10-12(5-11(7-15)6-13(10)17(18)19)16-8-14(3-4-14)9-22(2,20)21/h5-6,16H,3-4,8-9H2,1-2H3. The Balaban J connectivity index is 2.22. The molecule has 1 aromatic rings. The van der Waals surface area contributed by atoms with Crippen molar-refractivity contribution < 1.29 is 13.3 Å². The molecule has 7 nitrogen and oxygen atoms in total. The summed E-state index contributed by atoms with van der Waals surface area (Å²) in [4.78, 5) is 10.5. The molecule has 0 radical (unpaired) electrons. The minimum Gasteiger partial charge on any atom is -0.384 e. The first-order valence-corrected chi connectivity index (χ1v) is 8.83. The number of nitriles is 1. The summed E-state index contributed by atoms with van der Waals surface area (Å²) in [5.74, 6) is 0.103. The van der Waals surface area contributed by atoms with Gasteiger partial charge in [0, 0.05) is 35.5 Å². The van der Waals surface area contributed by atoms with Gasteiger partial charge in [0.1, 0.15) is 9.84 Å². The minimum atomic E-state index is -3.07. The molecule has 0 aromatic heterocycles. The number of nitrogens with one attached hydrogen (secondary N) is 1. The Kier molecular flexibility index (Phi) is 4.11. The highest BCUT2D eigenvalue weighted by atomic mass is 32.2. The number of hydrogen-bond acceptors (Lipinski definition) is 6. The maximum Gasteiger partial charge on any atom is 0.275 e. The molecule has 1 aromatic carbocycles.